The fraction of sp³-hybridized carbons (Fsp3) is 0.294. The molecule has 1 aromatic carbocycles. The molecule has 2 aromatic heterocycles. The van der Waals surface area contributed by atoms with Gasteiger partial charge >= 0.3 is 0 Å². The van der Waals surface area contributed by atoms with Gasteiger partial charge in [-0.05, 0) is 32.3 Å². The molecule has 108 valence electrons. The van der Waals surface area contributed by atoms with E-state index in [0.29, 0.717) is 5.75 Å². The first-order valence-electron chi connectivity index (χ1n) is 7.28. The van der Waals surface area contributed by atoms with Crippen molar-refractivity contribution in [2.45, 2.75) is 33.2 Å². The molecule has 0 fully saturated rings. The van der Waals surface area contributed by atoms with Crippen LogP contribution in [0.5, 0.6) is 5.75 Å². The highest BCUT2D eigenvalue weighted by atomic mass is 16.3. The minimum absolute atomic E-state index is 0.327. The Balaban J connectivity index is 1.95. The quantitative estimate of drug-likeness (QED) is 0.798. The third kappa shape index (κ3) is 2.49. The number of nitrogens with zero attached hydrogens (tertiary/aromatic N) is 3. The highest BCUT2D eigenvalue weighted by Crippen LogP contribution is 2.30. The Morgan fingerprint density at radius 2 is 1.90 bits per heavy atom. The van der Waals surface area contributed by atoms with Crippen molar-refractivity contribution in [2.75, 3.05) is 0 Å². The van der Waals surface area contributed by atoms with Gasteiger partial charge in [0, 0.05) is 17.8 Å². The van der Waals surface area contributed by atoms with E-state index in [-0.39, 0.29) is 0 Å². The standard InChI is InChI=1S/C17H19N3O/c1-3-20-17-15(11-18-20)16(21)14(12(2)19-17)10-9-13-7-5-4-6-8-13/h4-8,11H,3,9-10H2,1-2H3,(H,19,21). The minimum Gasteiger partial charge on any atom is -0.507 e. The Bertz CT molecular complexity index is 763. The predicted molar refractivity (Wildman–Crippen MR) is 83.5 cm³/mol. The molecule has 4 nitrogen and oxygen atoms in total. The predicted octanol–water partition coefficient (Wildman–Crippen LogP) is 3.25. The van der Waals surface area contributed by atoms with Crippen molar-refractivity contribution in [3.8, 4) is 5.75 Å². The Morgan fingerprint density at radius 3 is 2.62 bits per heavy atom. The van der Waals surface area contributed by atoms with Crippen LogP contribution in [0.1, 0.15) is 23.7 Å². The number of fused-ring (bicyclic) bond motifs is 1. The number of aromatic nitrogens is 3. The molecule has 2 heterocycles. The monoisotopic (exact) mass is 281 g/mol. The molecule has 3 aromatic rings. The van der Waals surface area contributed by atoms with Crippen LogP contribution in [0.2, 0.25) is 0 Å². The van der Waals surface area contributed by atoms with Crippen molar-refractivity contribution in [3.63, 3.8) is 0 Å². The van der Waals surface area contributed by atoms with Gasteiger partial charge in [0.15, 0.2) is 5.65 Å². The lowest BCUT2D eigenvalue weighted by Crippen LogP contribution is -2.01. The average molecular weight is 281 g/mol. The van der Waals surface area contributed by atoms with E-state index in [0.717, 1.165) is 41.7 Å². The topological polar surface area (TPSA) is 50.9 Å². The number of pyridine rings is 1. The molecule has 0 aliphatic rings. The van der Waals surface area contributed by atoms with Gasteiger partial charge in [0.05, 0.1) is 11.6 Å². The summed E-state index contributed by atoms with van der Waals surface area (Å²) in [4.78, 5) is 4.62. The summed E-state index contributed by atoms with van der Waals surface area (Å²) >= 11 is 0. The first kappa shape index (κ1) is 13.6. The number of hydrogen-bond donors (Lipinski definition) is 1. The van der Waals surface area contributed by atoms with Crippen LogP contribution < -0.4 is 0 Å². The molecule has 0 amide bonds. The lowest BCUT2D eigenvalue weighted by atomic mass is 10.0. The molecule has 0 saturated carbocycles. The molecule has 21 heavy (non-hydrogen) atoms. The lowest BCUT2D eigenvalue weighted by Gasteiger charge is -2.10. The van der Waals surface area contributed by atoms with Crippen LogP contribution in [0.25, 0.3) is 11.0 Å². The van der Waals surface area contributed by atoms with E-state index in [1.807, 2.05) is 36.7 Å². The summed E-state index contributed by atoms with van der Waals surface area (Å²) in [5, 5.41) is 15.5. The van der Waals surface area contributed by atoms with Crippen molar-refractivity contribution in [1.29, 1.82) is 0 Å². The Hall–Kier alpha value is -2.36. The number of hydrogen-bond acceptors (Lipinski definition) is 3. The average Bonchev–Trinajstić information content (AvgIpc) is 2.91. The molecule has 0 aliphatic carbocycles. The maximum atomic E-state index is 10.5. The molecule has 0 spiro atoms. The number of aryl methyl sites for hydroxylation is 3. The highest BCUT2D eigenvalue weighted by Gasteiger charge is 2.15. The van der Waals surface area contributed by atoms with Crippen LogP contribution in [-0.2, 0) is 19.4 Å². The molecule has 1 N–H and O–H groups in total. The summed E-state index contributed by atoms with van der Waals surface area (Å²) in [6.45, 7) is 4.72. The molecule has 0 radical (unpaired) electrons. The maximum absolute atomic E-state index is 10.5. The van der Waals surface area contributed by atoms with Crippen molar-refractivity contribution in [3.05, 3.63) is 53.3 Å². The smallest absolute Gasteiger partial charge is 0.161 e. The van der Waals surface area contributed by atoms with E-state index in [4.69, 9.17) is 0 Å². The minimum atomic E-state index is 0.327. The van der Waals surface area contributed by atoms with Crippen molar-refractivity contribution < 1.29 is 5.11 Å². The molecule has 3 rings (SSSR count). The summed E-state index contributed by atoms with van der Waals surface area (Å²) in [5.74, 6) is 0.327. The summed E-state index contributed by atoms with van der Waals surface area (Å²) in [7, 11) is 0. The molecule has 0 aliphatic heterocycles. The fourth-order valence-corrected chi connectivity index (χ4v) is 2.67. The SMILES string of the molecule is CCn1ncc2c(O)c(CCc3ccccc3)c(C)nc21. The normalized spacial score (nSPS) is 11.1. The van der Waals surface area contributed by atoms with Gasteiger partial charge in [-0.2, -0.15) is 5.10 Å². The second-order valence-corrected chi connectivity index (χ2v) is 5.21. The fourth-order valence-electron chi connectivity index (χ4n) is 2.67. The Morgan fingerprint density at radius 1 is 1.14 bits per heavy atom. The zero-order valence-electron chi connectivity index (χ0n) is 12.4. The van der Waals surface area contributed by atoms with Crippen molar-refractivity contribution in [1.82, 2.24) is 14.8 Å². The van der Waals surface area contributed by atoms with Crippen molar-refractivity contribution >= 4 is 11.0 Å². The molecule has 4 heteroatoms. The summed E-state index contributed by atoms with van der Waals surface area (Å²) in [6, 6.07) is 10.3. The summed E-state index contributed by atoms with van der Waals surface area (Å²) in [5.41, 5.74) is 3.82. The number of rotatable bonds is 4. The van der Waals surface area contributed by atoms with Crippen LogP contribution >= 0.6 is 0 Å². The van der Waals surface area contributed by atoms with Gasteiger partial charge in [0.1, 0.15) is 5.75 Å². The van der Waals surface area contributed by atoms with Crippen LogP contribution in [0.3, 0.4) is 0 Å². The molecule has 0 bridgehead atoms. The second kappa shape index (κ2) is 5.56. The van der Waals surface area contributed by atoms with Gasteiger partial charge in [-0.1, -0.05) is 30.3 Å². The van der Waals surface area contributed by atoms with Gasteiger partial charge in [0.2, 0.25) is 0 Å². The molecule has 0 atom stereocenters. The second-order valence-electron chi connectivity index (χ2n) is 5.21. The largest absolute Gasteiger partial charge is 0.507 e. The third-order valence-electron chi connectivity index (χ3n) is 3.87. The van der Waals surface area contributed by atoms with Gasteiger partial charge in [0.25, 0.3) is 0 Å². The van der Waals surface area contributed by atoms with E-state index in [1.54, 1.807) is 6.20 Å². The van der Waals surface area contributed by atoms with E-state index in [2.05, 4.69) is 22.2 Å². The van der Waals surface area contributed by atoms with Crippen LogP contribution in [-0.4, -0.2) is 19.9 Å². The molecular formula is C17H19N3O. The Labute approximate surface area is 124 Å². The van der Waals surface area contributed by atoms with Crippen LogP contribution in [0.4, 0.5) is 0 Å². The lowest BCUT2D eigenvalue weighted by molar-refractivity contribution is 0.473. The summed E-state index contributed by atoms with van der Waals surface area (Å²) in [6.07, 6.45) is 3.37. The zero-order valence-corrected chi connectivity index (χ0v) is 12.4. The van der Waals surface area contributed by atoms with E-state index in [1.165, 1.54) is 5.56 Å². The first-order valence-corrected chi connectivity index (χ1v) is 7.28. The first-order chi connectivity index (χ1) is 10.2. The Kier molecular flexibility index (Phi) is 3.60. The molecule has 0 unspecified atom stereocenters. The van der Waals surface area contributed by atoms with E-state index < -0.39 is 0 Å². The van der Waals surface area contributed by atoms with Gasteiger partial charge < -0.3 is 5.11 Å². The molecule has 0 saturated heterocycles. The van der Waals surface area contributed by atoms with Gasteiger partial charge in [-0.25, -0.2) is 9.67 Å². The zero-order chi connectivity index (χ0) is 14.8. The highest BCUT2D eigenvalue weighted by molar-refractivity contribution is 5.83. The summed E-state index contributed by atoms with van der Waals surface area (Å²) < 4.78 is 1.81. The molecular weight excluding hydrogens is 262 g/mol. The van der Waals surface area contributed by atoms with Gasteiger partial charge in [-0.15, -0.1) is 0 Å². The maximum Gasteiger partial charge on any atom is 0.161 e. The van der Waals surface area contributed by atoms with Crippen molar-refractivity contribution in [2.24, 2.45) is 0 Å². The van der Waals surface area contributed by atoms with E-state index >= 15 is 0 Å². The van der Waals surface area contributed by atoms with Crippen LogP contribution in [0.15, 0.2) is 36.5 Å². The number of aromatic hydroxyl groups is 1. The van der Waals surface area contributed by atoms with Gasteiger partial charge in [-0.3, -0.25) is 0 Å². The van der Waals surface area contributed by atoms with E-state index in [9.17, 15) is 5.11 Å². The number of benzene rings is 1. The van der Waals surface area contributed by atoms with Crippen LogP contribution in [0, 0.1) is 6.92 Å². The third-order valence-corrected chi connectivity index (χ3v) is 3.87.